The number of benzene rings is 1. The summed E-state index contributed by atoms with van der Waals surface area (Å²) in [5.41, 5.74) is 8.35. The third-order valence-corrected chi connectivity index (χ3v) is 2.41. The van der Waals surface area contributed by atoms with Crippen molar-refractivity contribution in [1.82, 2.24) is 4.57 Å². The molecule has 14 heavy (non-hydrogen) atoms. The van der Waals surface area contributed by atoms with Gasteiger partial charge in [0.05, 0.1) is 5.69 Å². The summed E-state index contributed by atoms with van der Waals surface area (Å²) in [7, 11) is 0. The van der Waals surface area contributed by atoms with Gasteiger partial charge in [-0.1, -0.05) is 25.1 Å². The highest BCUT2D eigenvalue weighted by atomic mass is 15.0. The molecule has 2 aromatic rings. The molecule has 0 aliphatic heterocycles. The van der Waals surface area contributed by atoms with Crippen LogP contribution in [0.4, 0.5) is 5.82 Å². The van der Waals surface area contributed by atoms with Crippen LogP contribution in [0, 0.1) is 0 Å². The molecule has 2 rings (SSSR count). The zero-order valence-electron chi connectivity index (χ0n) is 8.27. The Morgan fingerprint density at radius 3 is 2.57 bits per heavy atom. The number of aryl methyl sites for hydroxylation is 1. The van der Waals surface area contributed by atoms with Gasteiger partial charge >= 0.3 is 0 Å². The van der Waals surface area contributed by atoms with Gasteiger partial charge in [-0.2, -0.15) is 0 Å². The molecule has 0 spiro atoms. The van der Waals surface area contributed by atoms with Gasteiger partial charge in [-0.3, -0.25) is 0 Å². The van der Waals surface area contributed by atoms with Gasteiger partial charge in [0.25, 0.3) is 0 Å². The Hall–Kier alpha value is -1.70. The first-order chi connectivity index (χ1) is 6.83. The molecule has 0 saturated heterocycles. The van der Waals surface area contributed by atoms with Gasteiger partial charge in [0.15, 0.2) is 0 Å². The highest BCUT2D eigenvalue weighted by Gasteiger charge is 2.03. The number of hydrogen-bond acceptors (Lipinski definition) is 1. The molecule has 0 aliphatic rings. The van der Waals surface area contributed by atoms with Crippen molar-refractivity contribution in [1.29, 1.82) is 0 Å². The lowest BCUT2D eigenvalue weighted by molar-refractivity contribution is 1.02. The molecule has 0 saturated carbocycles. The van der Waals surface area contributed by atoms with E-state index in [1.807, 2.05) is 29.0 Å². The van der Waals surface area contributed by atoms with Crippen molar-refractivity contribution in [3.63, 3.8) is 0 Å². The van der Waals surface area contributed by atoms with Gasteiger partial charge in [-0.05, 0) is 30.2 Å². The van der Waals surface area contributed by atoms with E-state index >= 15 is 0 Å². The summed E-state index contributed by atoms with van der Waals surface area (Å²) in [6, 6.07) is 12.2. The van der Waals surface area contributed by atoms with Crippen LogP contribution in [0.1, 0.15) is 12.5 Å². The van der Waals surface area contributed by atoms with E-state index in [4.69, 9.17) is 5.73 Å². The van der Waals surface area contributed by atoms with Crippen molar-refractivity contribution in [2.24, 2.45) is 0 Å². The summed E-state index contributed by atoms with van der Waals surface area (Å²) in [5.74, 6) is 0.783. The summed E-state index contributed by atoms with van der Waals surface area (Å²) in [4.78, 5) is 0. The normalized spacial score (nSPS) is 10.4. The maximum atomic E-state index is 5.86. The summed E-state index contributed by atoms with van der Waals surface area (Å²) in [5, 5.41) is 0. The standard InChI is InChI=1S/C12H14N2/c1-2-10-6-3-4-7-11(10)14-9-5-8-12(14)13/h3-9H,2,13H2,1H3. The van der Waals surface area contributed by atoms with Gasteiger partial charge < -0.3 is 10.3 Å². The molecule has 2 N–H and O–H groups in total. The van der Waals surface area contributed by atoms with Crippen LogP contribution in [0.5, 0.6) is 0 Å². The summed E-state index contributed by atoms with van der Waals surface area (Å²) in [6.07, 6.45) is 3.01. The first-order valence-electron chi connectivity index (χ1n) is 4.84. The summed E-state index contributed by atoms with van der Waals surface area (Å²) >= 11 is 0. The van der Waals surface area contributed by atoms with Gasteiger partial charge in [-0.15, -0.1) is 0 Å². The Morgan fingerprint density at radius 2 is 1.93 bits per heavy atom. The van der Waals surface area contributed by atoms with E-state index in [0.717, 1.165) is 12.2 Å². The van der Waals surface area contributed by atoms with Crippen LogP contribution < -0.4 is 5.73 Å². The fourth-order valence-electron chi connectivity index (χ4n) is 1.66. The quantitative estimate of drug-likeness (QED) is 0.768. The monoisotopic (exact) mass is 186 g/mol. The Balaban J connectivity index is 2.56. The molecule has 1 aromatic heterocycles. The van der Waals surface area contributed by atoms with Gasteiger partial charge in [0, 0.05) is 6.20 Å². The smallest absolute Gasteiger partial charge is 0.107 e. The van der Waals surface area contributed by atoms with Crippen molar-refractivity contribution in [3.8, 4) is 5.69 Å². The maximum Gasteiger partial charge on any atom is 0.107 e. The maximum absolute atomic E-state index is 5.86. The largest absolute Gasteiger partial charge is 0.385 e. The van der Waals surface area contributed by atoms with E-state index in [1.54, 1.807) is 0 Å². The van der Waals surface area contributed by atoms with E-state index in [2.05, 4.69) is 25.1 Å². The van der Waals surface area contributed by atoms with Crippen LogP contribution in [0.15, 0.2) is 42.6 Å². The molecule has 72 valence electrons. The minimum atomic E-state index is 0.783. The SMILES string of the molecule is CCc1ccccc1-n1cccc1N. The van der Waals surface area contributed by atoms with Crippen molar-refractivity contribution in [2.45, 2.75) is 13.3 Å². The third kappa shape index (κ3) is 1.39. The molecule has 0 amide bonds. The fourth-order valence-corrected chi connectivity index (χ4v) is 1.66. The highest BCUT2D eigenvalue weighted by molar-refractivity contribution is 5.48. The zero-order valence-corrected chi connectivity index (χ0v) is 8.27. The molecular weight excluding hydrogens is 172 g/mol. The number of anilines is 1. The van der Waals surface area contributed by atoms with Crippen molar-refractivity contribution in [2.75, 3.05) is 5.73 Å². The number of nitrogen functional groups attached to an aromatic ring is 1. The van der Waals surface area contributed by atoms with E-state index in [-0.39, 0.29) is 0 Å². The number of hydrogen-bond donors (Lipinski definition) is 1. The minimum absolute atomic E-state index is 0.783. The van der Waals surface area contributed by atoms with Gasteiger partial charge in [0.1, 0.15) is 5.82 Å². The summed E-state index contributed by atoms with van der Waals surface area (Å²) < 4.78 is 2.01. The van der Waals surface area contributed by atoms with Crippen molar-refractivity contribution in [3.05, 3.63) is 48.2 Å². The molecule has 0 atom stereocenters. The Kier molecular flexibility index (Phi) is 2.27. The number of nitrogens with two attached hydrogens (primary N) is 1. The van der Waals surface area contributed by atoms with E-state index in [0.29, 0.717) is 0 Å². The molecular formula is C12H14N2. The molecule has 0 fully saturated rings. The summed E-state index contributed by atoms with van der Waals surface area (Å²) in [6.45, 7) is 2.15. The topological polar surface area (TPSA) is 30.9 Å². The van der Waals surface area contributed by atoms with Crippen LogP contribution in [-0.2, 0) is 6.42 Å². The van der Waals surface area contributed by atoms with Crippen LogP contribution >= 0.6 is 0 Å². The second kappa shape index (κ2) is 3.58. The highest BCUT2D eigenvalue weighted by Crippen LogP contribution is 2.18. The van der Waals surface area contributed by atoms with Gasteiger partial charge in [-0.25, -0.2) is 0 Å². The van der Waals surface area contributed by atoms with Crippen LogP contribution in [0.25, 0.3) is 5.69 Å². The average Bonchev–Trinajstić information content (AvgIpc) is 2.64. The van der Waals surface area contributed by atoms with E-state index in [1.165, 1.54) is 11.3 Å². The first kappa shape index (κ1) is 8.88. The second-order valence-electron chi connectivity index (χ2n) is 3.29. The second-order valence-corrected chi connectivity index (χ2v) is 3.29. The zero-order chi connectivity index (χ0) is 9.97. The molecule has 0 bridgehead atoms. The Morgan fingerprint density at radius 1 is 1.14 bits per heavy atom. The minimum Gasteiger partial charge on any atom is -0.385 e. The average molecular weight is 186 g/mol. The molecule has 0 radical (unpaired) electrons. The molecule has 0 aliphatic carbocycles. The lowest BCUT2D eigenvalue weighted by Crippen LogP contribution is -2.01. The van der Waals surface area contributed by atoms with Crippen molar-refractivity contribution >= 4 is 5.82 Å². The molecule has 2 heteroatoms. The molecule has 0 unspecified atom stereocenters. The van der Waals surface area contributed by atoms with Gasteiger partial charge in [0.2, 0.25) is 0 Å². The van der Waals surface area contributed by atoms with E-state index < -0.39 is 0 Å². The number of rotatable bonds is 2. The van der Waals surface area contributed by atoms with Crippen LogP contribution in [0.3, 0.4) is 0 Å². The fraction of sp³-hybridized carbons (Fsp3) is 0.167. The Labute approximate surface area is 84.0 Å². The predicted molar refractivity (Wildman–Crippen MR) is 59.6 cm³/mol. The number of para-hydroxylation sites is 1. The number of aromatic nitrogens is 1. The van der Waals surface area contributed by atoms with Crippen LogP contribution in [0.2, 0.25) is 0 Å². The third-order valence-electron chi connectivity index (χ3n) is 2.41. The van der Waals surface area contributed by atoms with E-state index in [9.17, 15) is 0 Å². The van der Waals surface area contributed by atoms with Crippen LogP contribution in [-0.4, -0.2) is 4.57 Å². The Bertz CT molecular complexity index is 429. The first-order valence-corrected chi connectivity index (χ1v) is 4.84. The van der Waals surface area contributed by atoms with Crippen molar-refractivity contribution < 1.29 is 0 Å². The molecule has 2 nitrogen and oxygen atoms in total. The molecule has 1 aromatic carbocycles. The lowest BCUT2D eigenvalue weighted by Gasteiger charge is -2.10. The number of nitrogens with zero attached hydrogens (tertiary/aromatic N) is 1. The predicted octanol–water partition coefficient (Wildman–Crippen LogP) is 2.62. The molecule has 1 heterocycles. The lowest BCUT2D eigenvalue weighted by atomic mass is 10.1.